The molecule has 0 aliphatic carbocycles. The Morgan fingerprint density at radius 1 is 1.15 bits per heavy atom. The fraction of sp³-hybridized carbons (Fsp3) is 0.500. The van der Waals surface area contributed by atoms with Gasteiger partial charge in [-0.15, -0.1) is 0 Å². The van der Waals surface area contributed by atoms with Gasteiger partial charge < -0.3 is 15.4 Å². The second kappa shape index (κ2) is 7.04. The smallest absolute Gasteiger partial charge is 0.260 e. The van der Waals surface area contributed by atoms with Crippen molar-refractivity contribution >= 4 is 34.8 Å². The molecule has 1 aliphatic rings. The molecule has 20 heavy (non-hydrogen) atoms. The van der Waals surface area contributed by atoms with Gasteiger partial charge in [0.05, 0.1) is 15.7 Å². The number of hydrogen-bond acceptors (Lipinski definition) is 3. The van der Waals surface area contributed by atoms with Gasteiger partial charge in [-0.2, -0.15) is 0 Å². The first kappa shape index (κ1) is 15.3. The summed E-state index contributed by atoms with van der Waals surface area (Å²) in [6.45, 7) is 1.58. The largest absolute Gasteiger partial charge is 0.482 e. The predicted molar refractivity (Wildman–Crippen MR) is 81.4 cm³/mol. The normalized spacial score (nSPS) is 15.8. The van der Waals surface area contributed by atoms with E-state index in [1.165, 1.54) is 25.0 Å². The first-order chi connectivity index (χ1) is 9.58. The van der Waals surface area contributed by atoms with Crippen molar-refractivity contribution in [3.05, 3.63) is 22.2 Å². The molecule has 1 saturated heterocycles. The minimum absolute atomic E-state index is 0.0163. The highest BCUT2D eigenvalue weighted by atomic mass is 35.5. The predicted octanol–water partition coefficient (Wildman–Crippen LogP) is 3.36. The van der Waals surface area contributed by atoms with E-state index < -0.39 is 0 Å². The molecule has 1 fully saturated rings. The number of nitrogen functional groups attached to an aromatic ring is 1. The lowest BCUT2D eigenvalue weighted by atomic mass is 10.2. The highest BCUT2D eigenvalue weighted by Gasteiger charge is 2.16. The fourth-order valence-electron chi connectivity index (χ4n) is 2.22. The van der Waals surface area contributed by atoms with Crippen molar-refractivity contribution in [3.63, 3.8) is 0 Å². The van der Waals surface area contributed by atoms with E-state index in [2.05, 4.69) is 0 Å². The molecule has 2 N–H and O–H groups in total. The number of anilines is 1. The van der Waals surface area contributed by atoms with Gasteiger partial charge in [0.1, 0.15) is 5.75 Å². The summed E-state index contributed by atoms with van der Waals surface area (Å²) in [5.41, 5.74) is 6.16. The van der Waals surface area contributed by atoms with Crippen molar-refractivity contribution in [1.82, 2.24) is 4.90 Å². The van der Waals surface area contributed by atoms with Gasteiger partial charge in [-0.25, -0.2) is 0 Å². The van der Waals surface area contributed by atoms with Crippen LogP contribution >= 0.6 is 23.2 Å². The van der Waals surface area contributed by atoms with Gasteiger partial charge in [-0.05, 0) is 18.9 Å². The van der Waals surface area contributed by atoms with E-state index in [0.29, 0.717) is 21.5 Å². The zero-order chi connectivity index (χ0) is 14.5. The van der Waals surface area contributed by atoms with Gasteiger partial charge in [0.2, 0.25) is 0 Å². The third-order valence-electron chi connectivity index (χ3n) is 3.36. The van der Waals surface area contributed by atoms with E-state index in [4.69, 9.17) is 33.7 Å². The van der Waals surface area contributed by atoms with Crippen LogP contribution in [0, 0.1) is 0 Å². The molecule has 1 heterocycles. The van der Waals surface area contributed by atoms with Crippen LogP contribution in [0.25, 0.3) is 0 Å². The van der Waals surface area contributed by atoms with Crippen LogP contribution in [0.3, 0.4) is 0 Å². The van der Waals surface area contributed by atoms with Crippen LogP contribution in [0.4, 0.5) is 5.69 Å². The molecule has 0 aromatic heterocycles. The van der Waals surface area contributed by atoms with Crippen LogP contribution in [0.1, 0.15) is 25.7 Å². The molecule has 0 atom stereocenters. The summed E-state index contributed by atoms with van der Waals surface area (Å²) in [6, 6.07) is 3.06. The van der Waals surface area contributed by atoms with E-state index in [9.17, 15) is 4.79 Å². The van der Waals surface area contributed by atoms with Gasteiger partial charge in [-0.1, -0.05) is 36.0 Å². The van der Waals surface area contributed by atoms with Crippen LogP contribution < -0.4 is 10.5 Å². The SMILES string of the molecule is Nc1cc(Cl)c(Cl)cc1OCC(=O)N1CCCCCC1. The van der Waals surface area contributed by atoms with E-state index in [1.807, 2.05) is 4.90 Å². The third-order valence-corrected chi connectivity index (χ3v) is 4.08. The van der Waals surface area contributed by atoms with Crippen molar-refractivity contribution < 1.29 is 9.53 Å². The number of nitrogens with two attached hydrogens (primary N) is 1. The minimum Gasteiger partial charge on any atom is -0.482 e. The summed E-state index contributed by atoms with van der Waals surface area (Å²) >= 11 is 11.8. The first-order valence-corrected chi connectivity index (χ1v) is 7.48. The molecule has 1 aliphatic heterocycles. The lowest BCUT2D eigenvalue weighted by Crippen LogP contribution is -2.35. The van der Waals surface area contributed by atoms with Crippen molar-refractivity contribution in [2.45, 2.75) is 25.7 Å². The standard InChI is InChI=1S/C14H18Cl2N2O2/c15-10-7-12(17)13(8-11(10)16)20-9-14(19)18-5-3-1-2-4-6-18/h7-8H,1-6,9,17H2. The van der Waals surface area contributed by atoms with Crippen LogP contribution in [-0.4, -0.2) is 30.5 Å². The molecule has 0 spiro atoms. The zero-order valence-electron chi connectivity index (χ0n) is 11.2. The zero-order valence-corrected chi connectivity index (χ0v) is 12.7. The summed E-state index contributed by atoms with van der Waals surface area (Å²) in [7, 11) is 0. The van der Waals surface area contributed by atoms with Gasteiger partial charge in [0.15, 0.2) is 6.61 Å². The molecule has 2 rings (SSSR count). The Kier molecular flexibility index (Phi) is 5.38. The van der Waals surface area contributed by atoms with Crippen LogP contribution in [0.15, 0.2) is 12.1 Å². The Hall–Kier alpha value is -1.13. The highest BCUT2D eigenvalue weighted by molar-refractivity contribution is 6.42. The van der Waals surface area contributed by atoms with Crippen molar-refractivity contribution in [2.24, 2.45) is 0 Å². The Morgan fingerprint density at radius 2 is 1.75 bits per heavy atom. The maximum atomic E-state index is 12.1. The number of carbonyl (C=O) groups is 1. The Balaban J connectivity index is 1.94. The summed E-state index contributed by atoms with van der Waals surface area (Å²) in [6.07, 6.45) is 4.48. The Labute approximate surface area is 128 Å². The van der Waals surface area contributed by atoms with E-state index in [1.54, 1.807) is 0 Å². The molecule has 110 valence electrons. The summed E-state index contributed by atoms with van der Waals surface area (Å²) in [4.78, 5) is 13.9. The molecule has 1 aromatic rings. The molecule has 4 nitrogen and oxygen atoms in total. The number of hydrogen-bond donors (Lipinski definition) is 1. The van der Waals surface area contributed by atoms with Crippen LogP contribution in [0.5, 0.6) is 5.75 Å². The highest BCUT2D eigenvalue weighted by Crippen LogP contribution is 2.32. The first-order valence-electron chi connectivity index (χ1n) is 6.73. The van der Waals surface area contributed by atoms with Crippen LogP contribution in [-0.2, 0) is 4.79 Å². The number of nitrogens with zero attached hydrogens (tertiary/aromatic N) is 1. The van der Waals surface area contributed by atoms with Gasteiger partial charge in [0, 0.05) is 19.2 Å². The maximum absolute atomic E-state index is 12.1. The molecule has 1 aromatic carbocycles. The number of benzene rings is 1. The number of halogens is 2. The Bertz CT molecular complexity index is 486. The van der Waals surface area contributed by atoms with E-state index in [-0.39, 0.29) is 12.5 Å². The average molecular weight is 317 g/mol. The minimum atomic E-state index is -0.0256. The molecule has 0 saturated carbocycles. The summed E-state index contributed by atoms with van der Waals surface area (Å²) in [5.74, 6) is 0.375. The monoisotopic (exact) mass is 316 g/mol. The van der Waals surface area contributed by atoms with Gasteiger partial charge in [0.25, 0.3) is 5.91 Å². The Morgan fingerprint density at radius 3 is 2.40 bits per heavy atom. The van der Waals surface area contributed by atoms with Gasteiger partial charge in [-0.3, -0.25) is 4.79 Å². The molecule has 1 amide bonds. The molecule has 0 bridgehead atoms. The lowest BCUT2D eigenvalue weighted by Gasteiger charge is -2.20. The van der Waals surface area contributed by atoms with Gasteiger partial charge >= 0.3 is 0 Å². The molecular formula is C14H18Cl2N2O2. The molecule has 6 heteroatoms. The molecule has 0 unspecified atom stereocenters. The number of ether oxygens (including phenoxy) is 1. The second-order valence-corrected chi connectivity index (χ2v) is 5.70. The van der Waals surface area contributed by atoms with E-state index >= 15 is 0 Å². The topological polar surface area (TPSA) is 55.6 Å². The van der Waals surface area contributed by atoms with E-state index in [0.717, 1.165) is 25.9 Å². The van der Waals surface area contributed by atoms with Crippen molar-refractivity contribution in [3.8, 4) is 5.75 Å². The van der Waals surface area contributed by atoms with Crippen molar-refractivity contribution in [1.29, 1.82) is 0 Å². The second-order valence-electron chi connectivity index (χ2n) is 4.89. The molecule has 0 radical (unpaired) electrons. The molecular weight excluding hydrogens is 299 g/mol. The third kappa shape index (κ3) is 3.93. The number of carbonyl (C=O) groups excluding carboxylic acids is 1. The summed E-state index contributed by atoms with van der Waals surface area (Å²) in [5, 5.41) is 0.730. The average Bonchev–Trinajstić information content (AvgIpc) is 2.70. The quantitative estimate of drug-likeness (QED) is 0.870. The van der Waals surface area contributed by atoms with Crippen LogP contribution in [0.2, 0.25) is 10.0 Å². The summed E-state index contributed by atoms with van der Waals surface area (Å²) < 4.78 is 5.47. The number of amides is 1. The number of rotatable bonds is 3. The lowest BCUT2D eigenvalue weighted by molar-refractivity contribution is -0.133. The fourth-order valence-corrected chi connectivity index (χ4v) is 2.55. The maximum Gasteiger partial charge on any atom is 0.260 e. The van der Waals surface area contributed by atoms with Crippen molar-refractivity contribution in [2.75, 3.05) is 25.4 Å². The number of likely N-dealkylation sites (tertiary alicyclic amines) is 1.